The number of hydrogen-bond acceptors (Lipinski definition) is 3. The number of piperidine rings is 1. The Morgan fingerprint density at radius 2 is 1.52 bits per heavy atom. The van der Waals surface area contributed by atoms with E-state index in [1.54, 1.807) is 0 Å². The summed E-state index contributed by atoms with van der Waals surface area (Å²) in [4.78, 5) is 14.5. The Kier molecular flexibility index (Phi) is 5.09. The molecule has 3 rings (SSSR count). The second kappa shape index (κ2) is 7.42. The lowest BCUT2D eigenvalue weighted by molar-refractivity contribution is -0.147. The number of carbonyl (C=O) groups excluding carboxylic acids is 1. The number of nitrogens with zero attached hydrogens (tertiary/aromatic N) is 1. The van der Waals surface area contributed by atoms with Gasteiger partial charge in [-0.3, -0.25) is 4.90 Å². The number of carbonyl (C=O) groups is 1. The highest BCUT2D eigenvalue weighted by molar-refractivity contribution is 5.78. The van der Waals surface area contributed by atoms with Gasteiger partial charge in [-0.25, -0.2) is 4.79 Å². The molecule has 1 fully saturated rings. The van der Waals surface area contributed by atoms with Crippen LogP contribution in [0.5, 0.6) is 0 Å². The molecule has 0 bridgehead atoms. The fraction of sp³-hybridized carbons (Fsp3) is 0.350. The van der Waals surface area contributed by atoms with Crippen LogP contribution in [0.15, 0.2) is 54.6 Å². The minimum atomic E-state index is -0.287. The number of methoxy groups -OCH3 is 1. The molecule has 23 heavy (non-hydrogen) atoms. The van der Waals surface area contributed by atoms with Crippen molar-refractivity contribution >= 4 is 5.97 Å². The molecule has 3 heteroatoms. The fourth-order valence-electron chi connectivity index (χ4n) is 3.27. The summed E-state index contributed by atoms with van der Waals surface area (Å²) in [6.45, 7) is 1.92. The van der Waals surface area contributed by atoms with Gasteiger partial charge in [0.15, 0.2) is 0 Å². The van der Waals surface area contributed by atoms with Gasteiger partial charge >= 0.3 is 5.97 Å². The molecule has 2 aromatic carbocycles. The normalized spacial score (nSPS) is 16.7. The zero-order valence-corrected chi connectivity index (χ0v) is 13.6. The summed E-state index contributed by atoms with van der Waals surface area (Å²) >= 11 is 0. The minimum absolute atomic E-state index is 0.167. The quantitative estimate of drug-likeness (QED) is 0.798. The Bertz CT molecular complexity index is 630. The average Bonchev–Trinajstić information content (AvgIpc) is 2.64. The zero-order valence-electron chi connectivity index (χ0n) is 13.6. The maximum absolute atomic E-state index is 12.3. The first-order valence-electron chi connectivity index (χ1n) is 8.27. The molecule has 1 aliphatic heterocycles. The molecule has 2 aromatic rings. The molecular weight excluding hydrogens is 286 g/mol. The highest BCUT2D eigenvalue weighted by Crippen LogP contribution is 2.28. The summed E-state index contributed by atoms with van der Waals surface area (Å²) in [5.74, 6) is -0.167. The highest BCUT2D eigenvalue weighted by atomic mass is 16.5. The summed E-state index contributed by atoms with van der Waals surface area (Å²) in [5.41, 5.74) is 3.36. The number of rotatable bonds is 4. The Balaban J connectivity index is 1.86. The van der Waals surface area contributed by atoms with Gasteiger partial charge < -0.3 is 4.74 Å². The third-order valence-electron chi connectivity index (χ3n) is 4.51. The Hall–Kier alpha value is -2.13. The smallest absolute Gasteiger partial charge is 0.327 e. The van der Waals surface area contributed by atoms with Gasteiger partial charge in [0, 0.05) is 0 Å². The van der Waals surface area contributed by atoms with Crippen molar-refractivity contribution in [3.63, 3.8) is 0 Å². The molecule has 1 atom stereocenters. The van der Waals surface area contributed by atoms with E-state index < -0.39 is 0 Å². The molecule has 0 amide bonds. The van der Waals surface area contributed by atoms with Crippen molar-refractivity contribution in [3.8, 4) is 11.1 Å². The molecule has 0 N–H and O–H groups in total. The van der Waals surface area contributed by atoms with Crippen LogP contribution in [0.4, 0.5) is 0 Å². The van der Waals surface area contributed by atoms with Gasteiger partial charge in [-0.15, -0.1) is 0 Å². The Morgan fingerprint density at radius 3 is 2.13 bits per heavy atom. The summed E-state index contributed by atoms with van der Waals surface area (Å²) < 4.78 is 5.05. The molecule has 0 radical (unpaired) electrons. The number of likely N-dealkylation sites (tertiary alicyclic amines) is 1. The largest absolute Gasteiger partial charge is 0.468 e. The third-order valence-corrected chi connectivity index (χ3v) is 4.51. The van der Waals surface area contributed by atoms with E-state index in [1.165, 1.54) is 19.1 Å². The van der Waals surface area contributed by atoms with Crippen LogP contribution in [0, 0.1) is 0 Å². The first-order valence-corrected chi connectivity index (χ1v) is 8.27. The number of hydrogen-bond donors (Lipinski definition) is 0. The van der Waals surface area contributed by atoms with Crippen molar-refractivity contribution in [3.05, 3.63) is 60.2 Å². The molecule has 1 heterocycles. The summed E-state index contributed by atoms with van der Waals surface area (Å²) in [6.07, 6.45) is 3.54. The Morgan fingerprint density at radius 1 is 0.913 bits per heavy atom. The fourth-order valence-corrected chi connectivity index (χ4v) is 3.27. The number of benzene rings is 2. The van der Waals surface area contributed by atoms with Crippen LogP contribution in [-0.4, -0.2) is 31.1 Å². The monoisotopic (exact) mass is 309 g/mol. The second-order valence-corrected chi connectivity index (χ2v) is 6.01. The van der Waals surface area contributed by atoms with Crippen molar-refractivity contribution in [1.82, 2.24) is 4.90 Å². The topological polar surface area (TPSA) is 29.5 Å². The molecule has 0 aliphatic carbocycles. The number of ether oxygens (including phenoxy) is 1. The van der Waals surface area contributed by atoms with Crippen LogP contribution in [-0.2, 0) is 9.53 Å². The van der Waals surface area contributed by atoms with Gasteiger partial charge in [0.05, 0.1) is 7.11 Å². The highest BCUT2D eigenvalue weighted by Gasteiger charge is 2.29. The predicted molar refractivity (Wildman–Crippen MR) is 92.1 cm³/mol. The van der Waals surface area contributed by atoms with E-state index in [9.17, 15) is 4.79 Å². The van der Waals surface area contributed by atoms with Crippen molar-refractivity contribution < 1.29 is 9.53 Å². The molecule has 1 saturated heterocycles. The maximum atomic E-state index is 12.3. The molecule has 0 aromatic heterocycles. The first kappa shape index (κ1) is 15.8. The summed E-state index contributed by atoms with van der Waals surface area (Å²) in [5, 5.41) is 0. The lowest BCUT2D eigenvalue weighted by atomic mass is 9.98. The van der Waals surface area contributed by atoms with E-state index in [0.29, 0.717) is 0 Å². The van der Waals surface area contributed by atoms with E-state index in [-0.39, 0.29) is 12.0 Å². The molecule has 120 valence electrons. The SMILES string of the molecule is COC(=O)C(c1ccc(-c2ccccc2)cc1)N1CCCCC1. The summed E-state index contributed by atoms with van der Waals surface area (Å²) in [7, 11) is 1.47. The zero-order chi connectivity index (χ0) is 16.1. The molecule has 0 spiro atoms. The first-order chi connectivity index (χ1) is 11.3. The van der Waals surface area contributed by atoms with Gasteiger partial charge in [-0.2, -0.15) is 0 Å². The Labute approximate surface area is 137 Å². The minimum Gasteiger partial charge on any atom is -0.468 e. The molecule has 0 saturated carbocycles. The second-order valence-electron chi connectivity index (χ2n) is 6.01. The molecular formula is C20H23NO2. The van der Waals surface area contributed by atoms with E-state index in [4.69, 9.17) is 4.74 Å². The van der Waals surface area contributed by atoms with Crippen LogP contribution in [0.2, 0.25) is 0 Å². The van der Waals surface area contributed by atoms with Crippen molar-refractivity contribution in [1.29, 1.82) is 0 Å². The van der Waals surface area contributed by atoms with Gasteiger partial charge in [0.2, 0.25) is 0 Å². The standard InChI is InChI=1S/C20H23NO2/c1-23-20(22)19(21-14-6-3-7-15-21)18-12-10-17(11-13-18)16-8-4-2-5-9-16/h2,4-5,8-13,19H,3,6-7,14-15H2,1H3. The lowest BCUT2D eigenvalue weighted by Crippen LogP contribution is -2.38. The van der Waals surface area contributed by atoms with Crippen LogP contribution >= 0.6 is 0 Å². The van der Waals surface area contributed by atoms with Gasteiger partial charge in [-0.05, 0) is 42.6 Å². The van der Waals surface area contributed by atoms with E-state index >= 15 is 0 Å². The molecule has 3 nitrogen and oxygen atoms in total. The van der Waals surface area contributed by atoms with Crippen LogP contribution in [0.25, 0.3) is 11.1 Å². The van der Waals surface area contributed by atoms with Gasteiger partial charge in [0.1, 0.15) is 6.04 Å². The molecule has 1 unspecified atom stereocenters. The lowest BCUT2D eigenvalue weighted by Gasteiger charge is -2.33. The molecule has 1 aliphatic rings. The average molecular weight is 309 g/mol. The third kappa shape index (κ3) is 3.62. The van der Waals surface area contributed by atoms with Crippen LogP contribution in [0.1, 0.15) is 30.9 Å². The van der Waals surface area contributed by atoms with E-state index in [1.807, 2.05) is 18.2 Å². The van der Waals surface area contributed by atoms with Crippen molar-refractivity contribution in [2.45, 2.75) is 25.3 Å². The number of esters is 1. The summed E-state index contributed by atoms with van der Waals surface area (Å²) in [6, 6.07) is 18.3. The van der Waals surface area contributed by atoms with Crippen molar-refractivity contribution in [2.24, 2.45) is 0 Å². The van der Waals surface area contributed by atoms with Crippen LogP contribution < -0.4 is 0 Å². The van der Waals surface area contributed by atoms with Crippen molar-refractivity contribution in [2.75, 3.05) is 20.2 Å². The van der Waals surface area contributed by atoms with E-state index in [2.05, 4.69) is 41.3 Å². The predicted octanol–water partition coefficient (Wildman–Crippen LogP) is 4.05. The van der Waals surface area contributed by atoms with Gasteiger partial charge in [-0.1, -0.05) is 61.0 Å². The maximum Gasteiger partial charge on any atom is 0.327 e. The van der Waals surface area contributed by atoms with Gasteiger partial charge in [0.25, 0.3) is 0 Å². The van der Waals surface area contributed by atoms with E-state index in [0.717, 1.165) is 37.1 Å². The van der Waals surface area contributed by atoms with Crippen LogP contribution in [0.3, 0.4) is 0 Å².